The zero-order valence-corrected chi connectivity index (χ0v) is 10.5. The summed E-state index contributed by atoms with van der Waals surface area (Å²) in [5, 5.41) is 8.92. The fourth-order valence-electron chi connectivity index (χ4n) is 1.66. The van der Waals surface area contributed by atoms with Gasteiger partial charge in [-0.15, -0.1) is 0 Å². The van der Waals surface area contributed by atoms with Crippen molar-refractivity contribution in [3.8, 4) is 0 Å². The molecule has 0 saturated carbocycles. The first-order valence-corrected chi connectivity index (χ1v) is 5.74. The van der Waals surface area contributed by atoms with Crippen molar-refractivity contribution >= 4 is 23.0 Å². The van der Waals surface area contributed by atoms with E-state index >= 15 is 0 Å². The van der Waals surface area contributed by atoms with Crippen LogP contribution in [0.1, 0.15) is 0 Å². The van der Waals surface area contributed by atoms with Crippen LogP contribution in [0, 0.1) is 0 Å². The Morgan fingerprint density at radius 3 is 2.89 bits per heavy atom. The molecule has 0 atom stereocenters. The number of ether oxygens (including phenoxy) is 1. The molecule has 0 aromatic carbocycles. The van der Waals surface area contributed by atoms with Crippen LogP contribution in [0.3, 0.4) is 0 Å². The Morgan fingerprint density at radius 2 is 2.16 bits per heavy atom. The molecular formula is C12H14N4O3. The van der Waals surface area contributed by atoms with Crippen molar-refractivity contribution in [1.82, 2.24) is 15.0 Å². The molecule has 0 aliphatic rings. The van der Waals surface area contributed by atoms with Crippen LogP contribution < -0.4 is 4.90 Å². The van der Waals surface area contributed by atoms with Crippen molar-refractivity contribution in [2.24, 2.45) is 0 Å². The number of carboxylic acids is 1. The number of fused-ring (bicyclic) bond motifs is 1. The average molecular weight is 262 g/mol. The van der Waals surface area contributed by atoms with Gasteiger partial charge in [0, 0.05) is 26.0 Å². The summed E-state index contributed by atoms with van der Waals surface area (Å²) in [5.74, 6) is -0.371. The number of aromatic nitrogens is 3. The minimum absolute atomic E-state index is 0.137. The van der Waals surface area contributed by atoms with Crippen LogP contribution in [0.4, 0.5) is 5.82 Å². The Balaban J connectivity index is 2.29. The van der Waals surface area contributed by atoms with Crippen LogP contribution in [-0.2, 0) is 9.53 Å². The molecule has 7 heteroatoms. The number of carbonyl (C=O) groups is 1. The molecule has 1 N–H and O–H groups in total. The topological polar surface area (TPSA) is 88.4 Å². The molecule has 100 valence electrons. The molecule has 7 nitrogen and oxygen atoms in total. The van der Waals surface area contributed by atoms with Crippen LogP contribution in [0.5, 0.6) is 0 Å². The van der Waals surface area contributed by atoms with E-state index in [1.165, 1.54) is 0 Å². The predicted octanol–water partition coefficient (Wildman–Crippen LogP) is 0.562. The Hall–Kier alpha value is -2.28. The Bertz CT molecular complexity index is 576. The first kappa shape index (κ1) is 13.2. The van der Waals surface area contributed by atoms with E-state index in [1.807, 2.05) is 0 Å². The standard InChI is InChI=1S/C12H14N4O3/c1-19-7-6-16(8-11(17)18)10-3-2-9-12(15-10)14-5-4-13-9/h2-5H,6-8H2,1H3,(H,17,18). The van der Waals surface area contributed by atoms with Gasteiger partial charge in [0.1, 0.15) is 17.9 Å². The minimum atomic E-state index is -0.919. The Kier molecular flexibility index (Phi) is 4.19. The highest BCUT2D eigenvalue weighted by molar-refractivity contribution is 5.75. The molecule has 0 fully saturated rings. The molecule has 0 radical (unpaired) electrons. The van der Waals surface area contributed by atoms with Gasteiger partial charge in [-0.2, -0.15) is 0 Å². The van der Waals surface area contributed by atoms with Crippen molar-refractivity contribution in [1.29, 1.82) is 0 Å². The van der Waals surface area contributed by atoms with Gasteiger partial charge in [0.05, 0.1) is 6.61 Å². The molecule has 2 heterocycles. The van der Waals surface area contributed by atoms with Crippen LogP contribution in [0.25, 0.3) is 11.2 Å². The second kappa shape index (κ2) is 6.05. The summed E-state index contributed by atoms with van der Waals surface area (Å²) in [6.07, 6.45) is 3.14. The number of hydrogen-bond acceptors (Lipinski definition) is 6. The lowest BCUT2D eigenvalue weighted by atomic mass is 10.3. The van der Waals surface area contributed by atoms with E-state index in [0.29, 0.717) is 30.1 Å². The number of pyridine rings is 1. The lowest BCUT2D eigenvalue weighted by Crippen LogP contribution is -2.33. The zero-order chi connectivity index (χ0) is 13.7. The molecule has 0 aliphatic carbocycles. The van der Waals surface area contributed by atoms with E-state index in [9.17, 15) is 4.79 Å². The first-order valence-electron chi connectivity index (χ1n) is 5.74. The molecule has 19 heavy (non-hydrogen) atoms. The summed E-state index contributed by atoms with van der Waals surface area (Å²) >= 11 is 0. The maximum atomic E-state index is 10.9. The number of nitrogens with zero attached hydrogens (tertiary/aromatic N) is 4. The second-order valence-electron chi connectivity index (χ2n) is 3.88. The van der Waals surface area contributed by atoms with Gasteiger partial charge in [-0.3, -0.25) is 9.78 Å². The fraction of sp³-hybridized carbons (Fsp3) is 0.333. The van der Waals surface area contributed by atoms with Crippen molar-refractivity contribution in [2.75, 3.05) is 31.7 Å². The summed E-state index contributed by atoms with van der Waals surface area (Å²) < 4.78 is 4.97. The van der Waals surface area contributed by atoms with Crippen LogP contribution in [-0.4, -0.2) is 52.8 Å². The third kappa shape index (κ3) is 3.35. The molecule has 2 aromatic heterocycles. The summed E-state index contributed by atoms with van der Waals surface area (Å²) in [4.78, 5) is 25.0. The fourth-order valence-corrected chi connectivity index (χ4v) is 1.66. The number of rotatable bonds is 6. The summed E-state index contributed by atoms with van der Waals surface area (Å²) in [6.45, 7) is 0.733. The van der Waals surface area contributed by atoms with Gasteiger partial charge in [0.2, 0.25) is 0 Å². The second-order valence-corrected chi connectivity index (χ2v) is 3.88. The van der Waals surface area contributed by atoms with E-state index in [-0.39, 0.29) is 6.54 Å². The van der Waals surface area contributed by atoms with Crippen LogP contribution in [0.2, 0.25) is 0 Å². The van der Waals surface area contributed by atoms with Gasteiger partial charge >= 0.3 is 5.97 Å². The highest BCUT2D eigenvalue weighted by atomic mass is 16.5. The third-order valence-electron chi connectivity index (χ3n) is 2.53. The number of carboxylic acid groups (broad SMARTS) is 1. The summed E-state index contributed by atoms with van der Waals surface area (Å²) in [7, 11) is 1.57. The van der Waals surface area contributed by atoms with Gasteiger partial charge in [0.25, 0.3) is 0 Å². The van der Waals surface area contributed by atoms with Gasteiger partial charge in [0.15, 0.2) is 5.65 Å². The van der Waals surface area contributed by atoms with Crippen LogP contribution in [0.15, 0.2) is 24.5 Å². The van der Waals surface area contributed by atoms with Gasteiger partial charge < -0.3 is 14.7 Å². The van der Waals surface area contributed by atoms with Crippen molar-refractivity contribution in [3.63, 3.8) is 0 Å². The van der Waals surface area contributed by atoms with E-state index in [4.69, 9.17) is 9.84 Å². The van der Waals surface area contributed by atoms with E-state index in [1.54, 1.807) is 36.5 Å². The van der Waals surface area contributed by atoms with E-state index in [2.05, 4.69) is 15.0 Å². The third-order valence-corrected chi connectivity index (χ3v) is 2.53. The number of methoxy groups -OCH3 is 1. The molecule has 2 rings (SSSR count). The predicted molar refractivity (Wildman–Crippen MR) is 69.1 cm³/mol. The van der Waals surface area contributed by atoms with Gasteiger partial charge in [-0.25, -0.2) is 9.97 Å². The van der Waals surface area contributed by atoms with Gasteiger partial charge in [-0.1, -0.05) is 0 Å². The SMILES string of the molecule is COCCN(CC(=O)O)c1ccc2nccnc2n1. The number of anilines is 1. The smallest absolute Gasteiger partial charge is 0.323 e. The van der Waals surface area contributed by atoms with Crippen molar-refractivity contribution < 1.29 is 14.6 Å². The molecule has 0 spiro atoms. The molecule has 0 amide bonds. The maximum absolute atomic E-state index is 10.9. The van der Waals surface area contributed by atoms with Crippen LogP contribution >= 0.6 is 0 Å². The first-order chi connectivity index (χ1) is 9.20. The maximum Gasteiger partial charge on any atom is 0.323 e. The highest BCUT2D eigenvalue weighted by Crippen LogP contribution is 2.14. The molecule has 2 aromatic rings. The Labute approximate surface area is 109 Å². The van der Waals surface area contributed by atoms with E-state index < -0.39 is 5.97 Å². The number of hydrogen-bond donors (Lipinski definition) is 1. The molecule has 0 unspecified atom stereocenters. The minimum Gasteiger partial charge on any atom is -0.480 e. The summed E-state index contributed by atoms with van der Waals surface area (Å²) in [5.41, 5.74) is 1.17. The molecule has 0 bridgehead atoms. The quantitative estimate of drug-likeness (QED) is 0.813. The lowest BCUT2D eigenvalue weighted by Gasteiger charge is -2.21. The van der Waals surface area contributed by atoms with E-state index in [0.717, 1.165) is 0 Å². The Morgan fingerprint density at radius 1 is 1.37 bits per heavy atom. The average Bonchev–Trinajstić information content (AvgIpc) is 2.42. The normalized spacial score (nSPS) is 10.6. The monoisotopic (exact) mass is 262 g/mol. The largest absolute Gasteiger partial charge is 0.480 e. The van der Waals surface area contributed by atoms with Crippen molar-refractivity contribution in [2.45, 2.75) is 0 Å². The lowest BCUT2D eigenvalue weighted by molar-refractivity contribution is -0.135. The van der Waals surface area contributed by atoms with Crippen molar-refractivity contribution in [3.05, 3.63) is 24.5 Å². The summed E-state index contributed by atoms with van der Waals surface area (Å²) in [6, 6.07) is 3.50. The molecule has 0 saturated heterocycles. The number of aliphatic carboxylic acids is 1. The zero-order valence-electron chi connectivity index (χ0n) is 10.5. The highest BCUT2D eigenvalue weighted by Gasteiger charge is 2.12. The molecule has 0 aliphatic heterocycles. The molecular weight excluding hydrogens is 248 g/mol. The van der Waals surface area contributed by atoms with Gasteiger partial charge in [-0.05, 0) is 12.1 Å².